The second kappa shape index (κ2) is 9.13. The predicted molar refractivity (Wildman–Crippen MR) is 110 cm³/mol. The van der Waals surface area contributed by atoms with E-state index in [1.807, 2.05) is 25.1 Å². The molecule has 29 heavy (non-hydrogen) atoms. The first-order chi connectivity index (χ1) is 13.9. The van der Waals surface area contributed by atoms with E-state index < -0.39 is 0 Å². The van der Waals surface area contributed by atoms with E-state index in [0.29, 0.717) is 24.0 Å². The van der Waals surface area contributed by atoms with Gasteiger partial charge in [0, 0.05) is 19.5 Å². The number of nitrogens with zero attached hydrogens (tertiary/aromatic N) is 4. The summed E-state index contributed by atoms with van der Waals surface area (Å²) in [6.45, 7) is 4.04. The molecular weight excluding hydrogens is 372 g/mol. The molecule has 1 fully saturated rings. The van der Waals surface area contributed by atoms with Gasteiger partial charge in [-0.1, -0.05) is 6.07 Å². The predicted octanol–water partition coefficient (Wildman–Crippen LogP) is 1.30. The molecule has 1 aliphatic heterocycles. The number of amides is 1. The lowest BCUT2D eigenvalue weighted by Gasteiger charge is -2.34. The van der Waals surface area contributed by atoms with Crippen LogP contribution in [0.5, 0.6) is 11.5 Å². The molecule has 0 aliphatic carbocycles. The molecule has 0 radical (unpaired) electrons. The molecule has 0 unspecified atom stereocenters. The normalized spacial score (nSPS) is 16.4. The van der Waals surface area contributed by atoms with Crippen molar-refractivity contribution < 1.29 is 14.3 Å². The summed E-state index contributed by atoms with van der Waals surface area (Å²) in [7, 11) is 5.00. The first kappa shape index (κ1) is 20.9. The van der Waals surface area contributed by atoms with Gasteiger partial charge in [-0.2, -0.15) is 10.1 Å². The van der Waals surface area contributed by atoms with Crippen LogP contribution in [-0.2, 0) is 18.4 Å². The minimum Gasteiger partial charge on any atom is -0.493 e. The molecule has 3 rings (SSSR count). The highest BCUT2D eigenvalue weighted by atomic mass is 16.5. The van der Waals surface area contributed by atoms with E-state index in [1.165, 1.54) is 0 Å². The highest BCUT2D eigenvalue weighted by molar-refractivity contribution is 5.81. The van der Waals surface area contributed by atoms with Gasteiger partial charge >= 0.3 is 0 Å². The number of nitrogen functional groups attached to an aromatic ring is 1. The van der Waals surface area contributed by atoms with E-state index in [-0.39, 0.29) is 17.9 Å². The molecule has 0 saturated carbocycles. The average Bonchev–Trinajstić information content (AvgIpc) is 3.09. The fourth-order valence-corrected chi connectivity index (χ4v) is 3.63. The third-order valence-corrected chi connectivity index (χ3v) is 5.55. The van der Waals surface area contributed by atoms with Crippen LogP contribution in [-0.4, -0.2) is 58.9 Å². The molecule has 9 nitrogen and oxygen atoms in total. The third kappa shape index (κ3) is 4.79. The Bertz CT molecular complexity index is 825. The van der Waals surface area contributed by atoms with E-state index in [0.717, 1.165) is 37.3 Å². The number of anilines is 1. The Balaban J connectivity index is 1.50. The Morgan fingerprint density at radius 3 is 2.55 bits per heavy atom. The lowest BCUT2D eigenvalue weighted by molar-refractivity contribution is -0.126. The molecule has 1 aromatic heterocycles. The molecule has 3 N–H and O–H groups in total. The maximum absolute atomic E-state index is 12.6. The van der Waals surface area contributed by atoms with Gasteiger partial charge in [-0.3, -0.25) is 9.69 Å². The van der Waals surface area contributed by atoms with E-state index >= 15 is 0 Å². The first-order valence-corrected chi connectivity index (χ1v) is 9.82. The van der Waals surface area contributed by atoms with Crippen LogP contribution in [0.25, 0.3) is 0 Å². The first-order valence-electron chi connectivity index (χ1n) is 9.82. The van der Waals surface area contributed by atoms with Crippen molar-refractivity contribution in [3.63, 3.8) is 0 Å². The summed E-state index contributed by atoms with van der Waals surface area (Å²) in [5.74, 6) is 2.86. The second-order valence-corrected chi connectivity index (χ2v) is 7.35. The van der Waals surface area contributed by atoms with Crippen molar-refractivity contribution in [3.05, 3.63) is 29.6 Å². The topological polar surface area (TPSA) is 108 Å². The molecule has 1 amide bonds. The molecular formula is C20H30N6O3. The average molecular weight is 402 g/mol. The van der Waals surface area contributed by atoms with Crippen molar-refractivity contribution in [1.82, 2.24) is 25.0 Å². The monoisotopic (exact) mass is 402 g/mol. The number of hydrogen-bond acceptors (Lipinski definition) is 7. The van der Waals surface area contributed by atoms with Crippen molar-refractivity contribution >= 4 is 11.9 Å². The van der Waals surface area contributed by atoms with E-state index in [2.05, 4.69) is 20.3 Å². The van der Waals surface area contributed by atoms with Crippen molar-refractivity contribution in [3.8, 4) is 11.5 Å². The van der Waals surface area contributed by atoms with Gasteiger partial charge in [0.25, 0.3) is 0 Å². The molecule has 1 atom stereocenters. The lowest BCUT2D eigenvalue weighted by atomic mass is 9.95. The van der Waals surface area contributed by atoms with Crippen molar-refractivity contribution in [2.24, 2.45) is 7.05 Å². The largest absolute Gasteiger partial charge is 0.493 e. The zero-order valence-electron chi connectivity index (χ0n) is 17.5. The SMILES string of the molecule is COc1ccc(CNC(=O)[C@@H](C)N2CCC(c3nc(N)n(C)n3)CC2)cc1OC. The number of carbonyl (C=O) groups is 1. The highest BCUT2D eigenvalue weighted by Gasteiger charge is 2.29. The van der Waals surface area contributed by atoms with Gasteiger partial charge in [-0.25, -0.2) is 4.68 Å². The van der Waals surface area contributed by atoms with E-state index in [4.69, 9.17) is 15.2 Å². The molecule has 1 aliphatic rings. The van der Waals surface area contributed by atoms with Crippen LogP contribution in [0, 0.1) is 0 Å². The van der Waals surface area contributed by atoms with Gasteiger partial charge in [0.1, 0.15) is 0 Å². The lowest BCUT2D eigenvalue weighted by Crippen LogP contribution is -2.47. The number of carbonyl (C=O) groups excluding carboxylic acids is 1. The third-order valence-electron chi connectivity index (χ3n) is 5.55. The number of ether oxygens (including phenoxy) is 2. The number of methoxy groups -OCH3 is 2. The standard InChI is InChI=1S/C20H30N6O3/c1-13(19(27)22-12-14-5-6-16(28-3)17(11-14)29-4)26-9-7-15(8-10-26)18-23-20(21)25(2)24-18/h5-6,11,13,15H,7-10,12H2,1-4H3,(H,22,27)(H2,21,23,24)/t13-/m1/s1. The number of piperidine rings is 1. The number of aryl methyl sites for hydroxylation is 1. The van der Waals surface area contributed by atoms with Crippen LogP contribution in [0.4, 0.5) is 5.95 Å². The number of nitrogens with two attached hydrogens (primary N) is 1. The Labute approximate surface area is 171 Å². The van der Waals surface area contributed by atoms with Gasteiger partial charge in [0.05, 0.1) is 20.3 Å². The summed E-state index contributed by atoms with van der Waals surface area (Å²) < 4.78 is 12.2. The van der Waals surface area contributed by atoms with Crippen molar-refractivity contribution in [1.29, 1.82) is 0 Å². The van der Waals surface area contributed by atoms with Crippen LogP contribution < -0.4 is 20.5 Å². The smallest absolute Gasteiger partial charge is 0.237 e. The summed E-state index contributed by atoms with van der Waals surface area (Å²) in [5, 5.41) is 7.41. The summed E-state index contributed by atoms with van der Waals surface area (Å²) >= 11 is 0. The van der Waals surface area contributed by atoms with Crippen LogP contribution in [0.2, 0.25) is 0 Å². The highest BCUT2D eigenvalue weighted by Crippen LogP contribution is 2.28. The quantitative estimate of drug-likeness (QED) is 0.719. The minimum atomic E-state index is -0.196. The van der Waals surface area contributed by atoms with Gasteiger partial charge in [-0.15, -0.1) is 0 Å². The van der Waals surface area contributed by atoms with Crippen LogP contribution in [0.15, 0.2) is 18.2 Å². The summed E-state index contributed by atoms with van der Waals surface area (Å²) in [4.78, 5) is 19.2. The maximum atomic E-state index is 12.6. The van der Waals surface area contributed by atoms with Gasteiger partial charge in [0.2, 0.25) is 11.9 Å². The minimum absolute atomic E-state index is 0.0124. The number of rotatable bonds is 7. The van der Waals surface area contributed by atoms with Gasteiger partial charge in [0.15, 0.2) is 17.3 Å². The fraction of sp³-hybridized carbons (Fsp3) is 0.550. The van der Waals surface area contributed by atoms with Crippen LogP contribution in [0.1, 0.15) is 37.1 Å². The van der Waals surface area contributed by atoms with Crippen LogP contribution >= 0.6 is 0 Å². The second-order valence-electron chi connectivity index (χ2n) is 7.35. The fourth-order valence-electron chi connectivity index (χ4n) is 3.63. The number of hydrogen-bond donors (Lipinski definition) is 2. The number of benzene rings is 1. The Hall–Kier alpha value is -2.81. The van der Waals surface area contributed by atoms with E-state index in [1.54, 1.807) is 25.9 Å². The molecule has 2 aromatic rings. The molecule has 0 bridgehead atoms. The summed E-state index contributed by atoms with van der Waals surface area (Å²) in [6, 6.07) is 5.44. The number of nitrogens with one attached hydrogen (secondary N) is 1. The van der Waals surface area contributed by atoms with Crippen molar-refractivity contribution in [2.75, 3.05) is 33.0 Å². The van der Waals surface area contributed by atoms with E-state index in [9.17, 15) is 4.79 Å². The van der Waals surface area contributed by atoms with Gasteiger partial charge in [-0.05, 0) is 50.6 Å². The zero-order chi connectivity index (χ0) is 21.0. The van der Waals surface area contributed by atoms with Gasteiger partial charge < -0.3 is 20.5 Å². The van der Waals surface area contributed by atoms with Crippen LogP contribution in [0.3, 0.4) is 0 Å². The molecule has 1 saturated heterocycles. The van der Waals surface area contributed by atoms with Crippen molar-refractivity contribution in [2.45, 2.75) is 38.3 Å². The Morgan fingerprint density at radius 2 is 1.97 bits per heavy atom. The molecule has 9 heteroatoms. The summed E-state index contributed by atoms with van der Waals surface area (Å²) in [5.41, 5.74) is 6.75. The number of aromatic nitrogens is 3. The molecule has 2 heterocycles. The number of likely N-dealkylation sites (tertiary alicyclic amines) is 1. The Kier molecular flexibility index (Phi) is 6.58. The molecule has 0 spiro atoms. The summed E-state index contributed by atoms with van der Waals surface area (Å²) in [6.07, 6.45) is 1.83. The molecule has 1 aromatic carbocycles. The molecule has 158 valence electrons. The zero-order valence-corrected chi connectivity index (χ0v) is 17.5. The maximum Gasteiger partial charge on any atom is 0.237 e. The Morgan fingerprint density at radius 1 is 1.28 bits per heavy atom.